The Hall–Kier alpha value is -3.15. The second kappa shape index (κ2) is 49.5. The molecule has 0 fully saturated rings. The van der Waals surface area contributed by atoms with Crippen LogP contribution in [0.15, 0.2) is 72.9 Å². The molecular weight excluding hydrogens is 757 g/mol. The van der Waals surface area contributed by atoms with Gasteiger partial charge in [-0.3, -0.25) is 14.4 Å². The monoisotopic (exact) mass is 851 g/mol. The molecule has 0 aromatic rings. The number of esters is 3. The van der Waals surface area contributed by atoms with E-state index < -0.39 is 6.10 Å². The number of allylic oxidation sites excluding steroid dienone is 12. The molecule has 61 heavy (non-hydrogen) atoms. The summed E-state index contributed by atoms with van der Waals surface area (Å²) in [7, 11) is 0. The van der Waals surface area contributed by atoms with Gasteiger partial charge in [-0.25, -0.2) is 0 Å². The largest absolute Gasteiger partial charge is 0.462 e. The summed E-state index contributed by atoms with van der Waals surface area (Å²) in [6, 6.07) is 0. The van der Waals surface area contributed by atoms with Crippen LogP contribution in [0.3, 0.4) is 0 Å². The first-order chi connectivity index (χ1) is 30.0. The summed E-state index contributed by atoms with van der Waals surface area (Å²) < 4.78 is 16.7. The lowest BCUT2D eigenvalue weighted by molar-refractivity contribution is -0.167. The number of hydrogen-bond donors (Lipinski definition) is 0. The van der Waals surface area contributed by atoms with Crippen LogP contribution in [0.5, 0.6) is 0 Å². The number of carbonyl (C=O) groups excluding carboxylic acids is 3. The van der Waals surface area contributed by atoms with Crippen molar-refractivity contribution in [3.63, 3.8) is 0 Å². The first kappa shape index (κ1) is 57.9. The third kappa shape index (κ3) is 47.7. The van der Waals surface area contributed by atoms with Gasteiger partial charge >= 0.3 is 17.9 Å². The predicted molar refractivity (Wildman–Crippen MR) is 261 cm³/mol. The molecule has 0 heterocycles. The summed E-state index contributed by atoms with van der Waals surface area (Å²) >= 11 is 0. The molecule has 0 saturated carbocycles. The average molecular weight is 851 g/mol. The van der Waals surface area contributed by atoms with Crippen LogP contribution < -0.4 is 0 Å². The fourth-order valence-electron chi connectivity index (χ4n) is 6.84. The number of hydrogen-bond acceptors (Lipinski definition) is 6. The van der Waals surface area contributed by atoms with Gasteiger partial charge in [0, 0.05) is 19.3 Å². The Labute approximate surface area is 376 Å². The molecule has 6 nitrogen and oxygen atoms in total. The maximum absolute atomic E-state index is 12.8. The van der Waals surface area contributed by atoms with Gasteiger partial charge in [-0.15, -0.1) is 0 Å². The second-order valence-corrected chi connectivity index (χ2v) is 16.7. The summed E-state index contributed by atoms with van der Waals surface area (Å²) in [5, 5.41) is 0. The van der Waals surface area contributed by atoms with Crippen LogP contribution in [0.1, 0.15) is 239 Å². The van der Waals surface area contributed by atoms with Crippen molar-refractivity contribution >= 4 is 17.9 Å². The fraction of sp³-hybridized carbons (Fsp3) is 0.727. The Bertz CT molecular complexity index is 1160. The average Bonchev–Trinajstić information content (AvgIpc) is 3.26. The quantitative estimate of drug-likeness (QED) is 0.0263. The number of carbonyl (C=O) groups is 3. The van der Waals surface area contributed by atoms with Crippen LogP contribution in [-0.4, -0.2) is 37.2 Å². The Balaban J connectivity index is 4.43. The topological polar surface area (TPSA) is 78.9 Å². The van der Waals surface area contributed by atoms with Gasteiger partial charge < -0.3 is 14.2 Å². The Kier molecular flexibility index (Phi) is 46.9. The summed E-state index contributed by atoms with van der Waals surface area (Å²) in [6.07, 6.45) is 61.9. The van der Waals surface area contributed by atoms with Gasteiger partial charge in [-0.2, -0.15) is 0 Å². The number of ether oxygens (including phenoxy) is 3. The van der Waals surface area contributed by atoms with Crippen molar-refractivity contribution in [2.24, 2.45) is 0 Å². The van der Waals surface area contributed by atoms with E-state index in [9.17, 15) is 14.4 Å². The molecule has 0 rings (SSSR count). The lowest BCUT2D eigenvalue weighted by atomic mass is 10.1. The highest BCUT2D eigenvalue weighted by atomic mass is 16.6. The maximum Gasteiger partial charge on any atom is 0.306 e. The molecule has 1 atom stereocenters. The molecule has 0 aliphatic carbocycles. The minimum Gasteiger partial charge on any atom is -0.462 e. The van der Waals surface area contributed by atoms with Gasteiger partial charge in [-0.1, -0.05) is 190 Å². The molecule has 0 N–H and O–H groups in total. The molecule has 0 amide bonds. The van der Waals surface area contributed by atoms with E-state index in [1.54, 1.807) is 0 Å². The molecule has 0 saturated heterocycles. The molecule has 0 aliphatic heterocycles. The van der Waals surface area contributed by atoms with E-state index >= 15 is 0 Å². The van der Waals surface area contributed by atoms with Crippen molar-refractivity contribution < 1.29 is 28.6 Å². The number of unbranched alkanes of at least 4 members (excludes halogenated alkanes) is 22. The van der Waals surface area contributed by atoms with E-state index in [1.807, 2.05) is 0 Å². The molecule has 0 aromatic heterocycles. The van der Waals surface area contributed by atoms with Crippen LogP contribution >= 0.6 is 0 Å². The van der Waals surface area contributed by atoms with Gasteiger partial charge in [-0.05, 0) is 103 Å². The van der Waals surface area contributed by atoms with E-state index in [4.69, 9.17) is 14.2 Å². The normalized spacial score (nSPS) is 12.6. The highest BCUT2D eigenvalue weighted by Crippen LogP contribution is 2.13. The van der Waals surface area contributed by atoms with Crippen LogP contribution in [0.2, 0.25) is 0 Å². The van der Waals surface area contributed by atoms with Gasteiger partial charge in [0.1, 0.15) is 13.2 Å². The molecule has 6 heteroatoms. The van der Waals surface area contributed by atoms with Crippen molar-refractivity contribution in [3.8, 4) is 0 Å². The van der Waals surface area contributed by atoms with Crippen molar-refractivity contribution in [1.82, 2.24) is 0 Å². The van der Waals surface area contributed by atoms with Crippen molar-refractivity contribution in [2.75, 3.05) is 13.2 Å². The SMILES string of the molecule is CC/C=C\C/C=C\CCCCC(=O)OCC(COC(=O)CCC/C=C\C/C=C\C/C=C\CCCCCCCC)OC(=O)CCCCCCCCC/C=C\CCCCCCCC. The van der Waals surface area contributed by atoms with Crippen LogP contribution in [0.25, 0.3) is 0 Å². The van der Waals surface area contributed by atoms with E-state index in [-0.39, 0.29) is 37.5 Å². The molecule has 0 spiro atoms. The summed E-state index contributed by atoms with van der Waals surface area (Å²) in [4.78, 5) is 37.8. The standard InChI is InChI=1S/C55H94O6/c1-4-7-10-13-16-19-21-23-25-27-29-31-33-36-39-42-45-48-54(57)60-51-52(50-59-53(56)47-44-41-38-35-18-15-12-9-6-3)61-55(58)49-46-43-40-37-34-32-30-28-26-24-22-20-17-14-11-8-5-2/h9,12,18,23-26,29,31,35-36,39,52H,4-8,10-11,13-17,19-22,27-28,30,32-34,37-38,40-51H2,1-3H3/b12-9-,25-23-,26-24-,31-29-,35-18-,39-36-. The Morgan fingerprint density at radius 2 is 0.656 bits per heavy atom. The zero-order chi connectivity index (χ0) is 44.4. The molecule has 0 bridgehead atoms. The lowest BCUT2D eigenvalue weighted by Crippen LogP contribution is -2.30. The minimum atomic E-state index is -0.809. The summed E-state index contributed by atoms with van der Waals surface area (Å²) in [5.41, 5.74) is 0. The molecule has 1 unspecified atom stereocenters. The molecule has 0 aromatic carbocycles. The highest BCUT2D eigenvalue weighted by molar-refractivity contribution is 5.71. The molecular formula is C55H94O6. The van der Waals surface area contributed by atoms with Crippen LogP contribution in [0.4, 0.5) is 0 Å². The van der Waals surface area contributed by atoms with Gasteiger partial charge in [0.15, 0.2) is 6.10 Å². The van der Waals surface area contributed by atoms with Crippen molar-refractivity contribution in [3.05, 3.63) is 72.9 Å². The van der Waals surface area contributed by atoms with Gasteiger partial charge in [0.05, 0.1) is 0 Å². The third-order valence-electron chi connectivity index (χ3n) is 10.7. The minimum absolute atomic E-state index is 0.110. The first-order valence-electron chi connectivity index (χ1n) is 25.4. The predicted octanol–water partition coefficient (Wildman–Crippen LogP) is 16.6. The van der Waals surface area contributed by atoms with E-state index in [2.05, 4.69) is 93.7 Å². The maximum atomic E-state index is 12.8. The Morgan fingerprint density at radius 3 is 1.11 bits per heavy atom. The van der Waals surface area contributed by atoms with E-state index in [0.717, 1.165) is 70.6 Å². The first-order valence-corrected chi connectivity index (χ1v) is 25.4. The number of rotatable bonds is 45. The van der Waals surface area contributed by atoms with Crippen LogP contribution in [-0.2, 0) is 28.6 Å². The van der Waals surface area contributed by atoms with Crippen molar-refractivity contribution in [1.29, 1.82) is 0 Å². The lowest BCUT2D eigenvalue weighted by Gasteiger charge is -2.18. The highest BCUT2D eigenvalue weighted by Gasteiger charge is 2.19. The summed E-state index contributed by atoms with van der Waals surface area (Å²) in [5.74, 6) is -1.00. The summed E-state index contributed by atoms with van der Waals surface area (Å²) in [6.45, 7) is 6.42. The zero-order valence-corrected chi connectivity index (χ0v) is 39.9. The molecule has 0 radical (unpaired) electrons. The Morgan fingerprint density at radius 1 is 0.344 bits per heavy atom. The molecule has 0 aliphatic rings. The second-order valence-electron chi connectivity index (χ2n) is 16.7. The van der Waals surface area contributed by atoms with E-state index in [1.165, 1.54) is 122 Å². The van der Waals surface area contributed by atoms with E-state index in [0.29, 0.717) is 19.3 Å². The zero-order valence-electron chi connectivity index (χ0n) is 39.9. The van der Waals surface area contributed by atoms with Crippen LogP contribution in [0, 0.1) is 0 Å². The van der Waals surface area contributed by atoms with Crippen molar-refractivity contribution in [2.45, 2.75) is 245 Å². The van der Waals surface area contributed by atoms with Gasteiger partial charge in [0.2, 0.25) is 0 Å². The van der Waals surface area contributed by atoms with Gasteiger partial charge in [0.25, 0.3) is 0 Å². The molecule has 350 valence electrons. The third-order valence-corrected chi connectivity index (χ3v) is 10.7. The fourth-order valence-corrected chi connectivity index (χ4v) is 6.84. The smallest absolute Gasteiger partial charge is 0.306 e.